The smallest absolute Gasteiger partial charge is 0.325 e. The van der Waals surface area contributed by atoms with Gasteiger partial charge < -0.3 is 15.4 Å². The summed E-state index contributed by atoms with van der Waals surface area (Å²) in [4.78, 5) is 29.5. The first kappa shape index (κ1) is 21.7. The number of thiophene rings is 1. The summed E-state index contributed by atoms with van der Waals surface area (Å²) in [5.74, 6) is 1.18. The summed E-state index contributed by atoms with van der Waals surface area (Å²) >= 11 is 1.71. The van der Waals surface area contributed by atoms with Crippen LogP contribution in [0.3, 0.4) is 0 Å². The summed E-state index contributed by atoms with van der Waals surface area (Å²) in [5, 5.41) is 14.8. The van der Waals surface area contributed by atoms with Crippen LogP contribution < -0.4 is 10.6 Å². The van der Waals surface area contributed by atoms with Crippen LogP contribution in [0.25, 0.3) is 5.00 Å². The summed E-state index contributed by atoms with van der Waals surface area (Å²) in [7, 11) is 0. The number of urea groups is 1. The topological polar surface area (TPSA) is 110 Å². The molecule has 10 heteroatoms. The average Bonchev–Trinajstić information content (AvgIpc) is 3.21. The Bertz CT molecular complexity index is 1210. The molecule has 0 saturated carbocycles. The SMILES string of the molecule is CCOC(=O)CNC(=O)Nc1ccc(C2=NCc3nnc(C)n3-c3sc(C)c(C)c32)cc1. The van der Waals surface area contributed by atoms with Crippen molar-refractivity contribution in [3.63, 3.8) is 0 Å². The molecule has 1 aromatic carbocycles. The van der Waals surface area contributed by atoms with E-state index in [-0.39, 0.29) is 13.2 Å². The number of hydrogen-bond acceptors (Lipinski definition) is 7. The Kier molecular flexibility index (Phi) is 6.04. The molecule has 0 atom stereocenters. The molecule has 0 spiro atoms. The van der Waals surface area contributed by atoms with Gasteiger partial charge in [0.05, 0.1) is 12.3 Å². The number of aryl methyl sites for hydroxylation is 2. The maximum atomic E-state index is 12.0. The number of anilines is 1. The lowest BCUT2D eigenvalue weighted by Gasteiger charge is -2.11. The van der Waals surface area contributed by atoms with Crippen LogP contribution in [0.4, 0.5) is 10.5 Å². The van der Waals surface area contributed by atoms with Crippen molar-refractivity contribution < 1.29 is 14.3 Å². The molecule has 1 aliphatic rings. The molecule has 166 valence electrons. The number of aromatic nitrogens is 3. The van der Waals surface area contributed by atoms with E-state index in [1.54, 1.807) is 18.3 Å². The monoisotopic (exact) mass is 452 g/mol. The highest BCUT2D eigenvalue weighted by molar-refractivity contribution is 7.15. The number of hydrogen-bond donors (Lipinski definition) is 2. The quantitative estimate of drug-likeness (QED) is 0.577. The average molecular weight is 453 g/mol. The Hall–Kier alpha value is -3.53. The van der Waals surface area contributed by atoms with E-state index in [1.807, 2.05) is 31.2 Å². The summed E-state index contributed by atoms with van der Waals surface area (Å²) in [5.41, 5.74) is 4.72. The third-order valence-electron chi connectivity index (χ3n) is 5.19. The Morgan fingerprint density at radius 2 is 1.91 bits per heavy atom. The second kappa shape index (κ2) is 8.91. The fraction of sp³-hybridized carbons (Fsp3) is 0.318. The zero-order chi connectivity index (χ0) is 22.8. The van der Waals surface area contributed by atoms with E-state index in [9.17, 15) is 9.59 Å². The largest absolute Gasteiger partial charge is 0.465 e. The molecule has 0 radical (unpaired) electrons. The fourth-order valence-electron chi connectivity index (χ4n) is 3.53. The molecule has 2 N–H and O–H groups in total. The minimum absolute atomic E-state index is 0.183. The standard InChI is InChI=1S/C22H24N6O3S/c1-5-31-18(29)11-24-22(30)25-16-8-6-15(7-9-16)20-19-12(2)13(3)32-21(19)28-14(4)26-27-17(28)10-23-20/h6-9H,5,10-11H2,1-4H3,(H2,24,25,30). The van der Waals surface area contributed by atoms with Gasteiger partial charge in [-0.3, -0.25) is 14.4 Å². The number of ether oxygens (including phenoxy) is 1. The molecular weight excluding hydrogens is 428 g/mol. The number of aliphatic imine (C=N–C) groups is 1. The van der Waals surface area contributed by atoms with Gasteiger partial charge in [0.1, 0.15) is 23.9 Å². The number of rotatable bonds is 5. The fourth-order valence-corrected chi connectivity index (χ4v) is 4.76. The number of nitrogens with zero attached hydrogens (tertiary/aromatic N) is 4. The first-order valence-electron chi connectivity index (χ1n) is 10.3. The number of carbonyl (C=O) groups is 2. The number of esters is 1. The minimum Gasteiger partial charge on any atom is -0.465 e. The second-order valence-electron chi connectivity index (χ2n) is 7.32. The van der Waals surface area contributed by atoms with Crippen LogP contribution in [0.15, 0.2) is 29.3 Å². The van der Waals surface area contributed by atoms with E-state index in [0.717, 1.165) is 33.5 Å². The predicted molar refractivity (Wildman–Crippen MR) is 123 cm³/mol. The van der Waals surface area contributed by atoms with Crippen LogP contribution in [-0.4, -0.2) is 45.6 Å². The van der Waals surface area contributed by atoms with Crippen molar-refractivity contribution in [1.29, 1.82) is 0 Å². The van der Waals surface area contributed by atoms with Crippen molar-refractivity contribution in [2.24, 2.45) is 4.99 Å². The number of nitrogens with one attached hydrogen (secondary N) is 2. The van der Waals surface area contributed by atoms with Gasteiger partial charge in [-0.05, 0) is 45.4 Å². The van der Waals surface area contributed by atoms with Gasteiger partial charge in [0.15, 0.2) is 5.82 Å². The highest BCUT2D eigenvalue weighted by atomic mass is 32.1. The third-order valence-corrected chi connectivity index (χ3v) is 6.38. The van der Waals surface area contributed by atoms with Crippen molar-refractivity contribution >= 4 is 34.7 Å². The van der Waals surface area contributed by atoms with Crippen molar-refractivity contribution in [2.75, 3.05) is 18.5 Å². The van der Waals surface area contributed by atoms with Gasteiger partial charge >= 0.3 is 12.0 Å². The van der Waals surface area contributed by atoms with E-state index >= 15 is 0 Å². The van der Waals surface area contributed by atoms with Crippen molar-refractivity contribution in [3.05, 3.63) is 57.5 Å². The van der Waals surface area contributed by atoms with Crippen LogP contribution in [0.1, 0.15) is 40.1 Å². The second-order valence-corrected chi connectivity index (χ2v) is 8.52. The minimum atomic E-state index is -0.480. The molecule has 4 rings (SSSR count). The molecule has 2 amide bonds. The van der Waals surface area contributed by atoms with Crippen molar-refractivity contribution in [3.8, 4) is 5.00 Å². The summed E-state index contributed by atoms with van der Waals surface area (Å²) in [6, 6.07) is 7.00. The van der Waals surface area contributed by atoms with Gasteiger partial charge in [-0.25, -0.2) is 4.79 Å². The molecule has 0 fully saturated rings. The maximum absolute atomic E-state index is 12.0. The Labute approximate surface area is 189 Å². The molecule has 0 unspecified atom stereocenters. The Morgan fingerprint density at radius 1 is 1.16 bits per heavy atom. The zero-order valence-electron chi connectivity index (χ0n) is 18.4. The normalized spacial score (nSPS) is 12.3. The van der Waals surface area contributed by atoms with Gasteiger partial charge in [0, 0.05) is 21.7 Å². The van der Waals surface area contributed by atoms with Gasteiger partial charge in [0.2, 0.25) is 0 Å². The first-order chi connectivity index (χ1) is 15.4. The van der Waals surface area contributed by atoms with Crippen molar-refractivity contribution in [2.45, 2.75) is 34.2 Å². The number of carbonyl (C=O) groups excluding carboxylic acids is 2. The molecule has 2 aromatic heterocycles. The van der Waals surface area contributed by atoms with E-state index in [2.05, 4.69) is 39.2 Å². The molecule has 32 heavy (non-hydrogen) atoms. The Balaban J connectivity index is 1.56. The Morgan fingerprint density at radius 3 is 2.62 bits per heavy atom. The van der Waals surface area contributed by atoms with E-state index in [1.165, 1.54) is 10.4 Å². The van der Waals surface area contributed by atoms with E-state index < -0.39 is 12.0 Å². The molecule has 0 saturated heterocycles. The lowest BCUT2D eigenvalue weighted by molar-refractivity contribution is -0.141. The molecule has 3 heterocycles. The predicted octanol–water partition coefficient (Wildman–Crippen LogP) is 3.29. The molecule has 1 aliphatic heterocycles. The summed E-state index contributed by atoms with van der Waals surface area (Å²) < 4.78 is 6.88. The van der Waals surface area contributed by atoms with Crippen LogP contribution in [0.5, 0.6) is 0 Å². The van der Waals surface area contributed by atoms with Gasteiger partial charge in [0.25, 0.3) is 0 Å². The summed E-state index contributed by atoms with van der Waals surface area (Å²) in [6.45, 7) is 8.40. The lowest BCUT2D eigenvalue weighted by Crippen LogP contribution is -2.34. The lowest BCUT2D eigenvalue weighted by atomic mass is 9.99. The van der Waals surface area contributed by atoms with Gasteiger partial charge in [-0.2, -0.15) is 0 Å². The van der Waals surface area contributed by atoms with E-state index in [0.29, 0.717) is 12.2 Å². The molecule has 3 aromatic rings. The van der Waals surface area contributed by atoms with Gasteiger partial charge in [-0.15, -0.1) is 21.5 Å². The van der Waals surface area contributed by atoms with Crippen LogP contribution in [0, 0.1) is 20.8 Å². The molecule has 0 bridgehead atoms. The molecule has 0 aliphatic carbocycles. The molecular formula is C22H24N6O3S. The number of amides is 2. The third kappa shape index (κ3) is 4.13. The number of benzene rings is 1. The summed E-state index contributed by atoms with van der Waals surface area (Å²) in [6.07, 6.45) is 0. The van der Waals surface area contributed by atoms with Crippen LogP contribution >= 0.6 is 11.3 Å². The molecule has 9 nitrogen and oxygen atoms in total. The number of fused-ring (bicyclic) bond motifs is 3. The first-order valence-corrected chi connectivity index (χ1v) is 11.1. The zero-order valence-corrected chi connectivity index (χ0v) is 19.2. The van der Waals surface area contributed by atoms with Crippen LogP contribution in [-0.2, 0) is 16.1 Å². The van der Waals surface area contributed by atoms with E-state index in [4.69, 9.17) is 9.73 Å². The highest BCUT2D eigenvalue weighted by Crippen LogP contribution is 2.36. The van der Waals surface area contributed by atoms with Gasteiger partial charge in [-0.1, -0.05) is 12.1 Å². The van der Waals surface area contributed by atoms with Crippen LogP contribution in [0.2, 0.25) is 0 Å². The van der Waals surface area contributed by atoms with Crippen molar-refractivity contribution in [1.82, 2.24) is 20.1 Å². The highest BCUT2D eigenvalue weighted by Gasteiger charge is 2.26. The maximum Gasteiger partial charge on any atom is 0.325 e.